The molecule has 4 heterocycles. The van der Waals surface area contributed by atoms with Gasteiger partial charge in [-0.1, -0.05) is 245 Å². The fourth-order valence-electron chi connectivity index (χ4n) is 13.7. The van der Waals surface area contributed by atoms with Crippen LogP contribution in [0.2, 0.25) is 0 Å². The normalized spacial score (nSPS) is 11.7. The van der Waals surface area contributed by atoms with Crippen molar-refractivity contribution in [1.29, 1.82) is 0 Å². The number of benzene rings is 12. The predicted octanol–water partition coefficient (Wildman–Crippen LogP) is 22.4. The fraction of sp³-hybridized carbons (Fsp3) is 0. The summed E-state index contributed by atoms with van der Waals surface area (Å²) >= 11 is 0. The summed E-state index contributed by atoms with van der Waals surface area (Å²) in [7, 11) is 0. The Kier molecular flexibility index (Phi) is 12.7. The van der Waals surface area contributed by atoms with Crippen LogP contribution >= 0.6 is 0 Å². The van der Waals surface area contributed by atoms with Gasteiger partial charge in [-0.25, -0.2) is 9.97 Å². The van der Waals surface area contributed by atoms with Gasteiger partial charge in [0.25, 0.3) is 0 Å². The zero-order valence-electron chi connectivity index (χ0n) is 48.3. The van der Waals surface area contributed by atoms with Crippen molar-refractivity contribution in [2.24, 2.45) is 0 Å². The standard InChI is InChI=1S/C84H52N4.Pt/c1-5-49-25-33-53(34-26-49)73-77-65-41-57-17-9-11-19-59(57)43-67(65)79(85-77)74(54-35-27-50(6-2)28-36-54)81-69-45-61-21-13-15-23-63(61)47-71(69)83(87-81)76(56-39-31-52(8-4)32-40-56)84-72-48-64-24-16-14-22-62(64)46-70(72)82(88-84)75(55-37-29-51(7-3)30-38-55)80-68-44-60-20-12-10-18-58(60)42-66(68)78(73)86-80;/h5-48H,1-4H2;/q-2;+2. The molecular formula is C84H52N4Pt. The molecule has 418 valence electrons. The van der Waals surface area contributed by atoms with E-state index in [1.807, 2.05) is 24.3 Å². The van der Waals surface area contributed by atoms with Gasteiger partial charge in [-0.15, -0.1) is 22.1 Å². The van der Waals surface area contributed by atoms with E-state index in [-0.39, 0.29) is 21.1 Å². The summed E-state index contributed by atoms with van der Waals surface area (Å²) in [6.07, 6.45) is 7.59. The maximum atomic E-state index is 6.19. The Hall–Kier alpha value is -11.0. The molecule has 1 aliphatic carbocycles. The van der Waals surface area contributed by atoms with E-state index in [1.54, 1.807) is 0 Å². The molecule has 17 rings (SSSR count). The molecule has 0 saturated heterocycles. The second-order valence-corrected chi connectivity index (χ2v) is 23.0. The summed E-state index contributed by atoms with van der Waals surface area (Å²) in [5, 5.41) is 12.8. The molecular weight excluding hydrogens is 1260 g/mol. The minimum atomic E-state index is 0. The van der Waals surface area contributed by atoms with Crippen molar-refractivity contribution in [3.8, 4) is 89.5 Å². The van der Waals surface area contributed by atoms with Crippen LogP contribution in [-0.4, -0.2) is 9.97 Å². The average molecular weight is 1310 g/mol. The molecule has 0 spiro atoms. The van der Waals surface area contributed by atoms with Gasteiger partial charge in [0.1, 0.15) is 0 Å². The Morgan fingerprint density at radius 1 is 0.247 bits per heavy atom. The van der Waals surface area contributed by atoms with Crippen LogP contribution in [0.25, 0.3) is 201 Å². The number of nitrogens with zero attached hydrogens (tertiary/aromatic N) is 4. The Labute approximate surface area is 529 Å². The Morgan fingerprint density at radius 2 is 0.438 bits per heavy atom. The fourth-order valence-corrected chi connectivity index (χ4v) is 13.7. The molecule has 89 heavy (non-hydrogen) atoms. The van der Waals surface area contributed by atoms with Crippen molar-refractivity contribution in [3.05, 3.63) is 291 Å². The molecule has 12 aromatic carbocycles. The largest absolute Gasteiger partial charge is 2.00 e. The number of hydrogen-bond donors (Lipinski definition) is 0. The molecule has 0 saturated carbocycles. The summed E-state index contributed by atoms with van der Waals surface area (Å²) in [5.41, 5.74) is 22.0. The van der Waals surface area contributed by atoms with Gasteiger partial charge in [0, 0.05) is 22.3 Å². The van der Waals surface area contributed by atoms with Crippen molar-refractivity contribution >= 4 is 111 Å². The minimum Gasteiger partial charge on any atom is -0.656 e. The van der Waals surface area contributed by atoms with Gasteiger partial charge in [-0.05, 0) is 180 Å². The molecule has 0 unspecified atom stereocenters. The Morgan fingerprint density at radius 3 is 0.629 bits per heavy atom. The molecule has 0 fully saturated rings. The molecule has 2 aliphatic heterocycles. The number of rotatable bonds is 8. The van der Waals surface area contributed by atoms with E-state index in [2.05, 4.69) is 269 Å². The Balaban J connectivity index is 0.00000636. The van der Waals surface area contributed by atoms with Crippen LogP contribution in [0.1, 0.15) is 22.3 Å². The first-order valence-corrected chi connectivity index (χ1v) is 29.8. The molecule has 8 bridgehead atoms. The van der Waals surface area contributed by atoms with Gasteiger partial charge in [0.05, 0.1) is 22.8 Å². The van der Waals surface area contributed by atoms with Gasteiger partial charge >= 0.3 is 21.1 Å². The van der Waals surface area contributed by atoms with Gasteiger partial charge < -0.3 is 9.97 Å². The van der Waals surface area contributed by atoms with Crippen LogP contribution < -0.4 is 9.97 Å². The molecule has 0 N–H and O–H groups in total. The molecule has 0 radical (unpaired) electrons. The summed E-state index contributed by atoms with van der Waals surface area (Å²) in [6, 6.07) is 88.0. The van der Waals surface area contributed by atoms with Gasteiger partial charge in [-0.2, -0.15) is 0 Å². The quantitative estimate of drug-likeness (QED) is 0.152. The summed E-state index contributed by atoms with van der Waals surface area (Å²) in [4.78, 5) is 24.8. The van der Waals surface area contributed by atoms with Crippen LogP contribution in [0.5, 0.6) is 0 Å². The molecule has 14 aromatic rings. The number of fused-ring (bicyclic) bond motifs is 4. The van der Waals surface area contributed by atoms with Crippen LogP contribution in [0.4, 0.5) is 0 Å². The maximum Gasteiger partial charge on any atom is 2.00 e. The van der Waals surface area contributed by atoms with Crippen LogP contribution in [0.3, 0.4) is 0 Å². The first-order chi connectivity index (χ1) is 43.4. The van der Waals surface area contributed by atoms with E-state index < -0.39 is 0 Å². The van der Waals surface area contributed by atoms with Crippen LogP contribution in [-0.2, 0) is 21.1 Å². The minimum absolute atomic E-state index is 0. The molecule has 0 amide bonds. The monoisotopic (exact) mass is 1310 g/mol. The van der Waals surface area contributed by atoms with Crippen molar-refractivity contribution in [2.75, 3.05) is 0 Å². The van der Waals surface area contributed by atoms with Gasteiger partial charge in [0.2, 0.25) is 0 Å². The molecule has 3 aliphatic rings. The molecule has 2 aromatic heterocycles. The number of hydrogen-bond acceptors (Lipinski definition) is 2. The molecule has 4 nitrogen and oxygen atoms in total. The van der Waals surface area contributed by atoms with Crippen molar-refractivity contribution in [3.63, 3.8) is 0 Å². The van der Waals surface area contributed by atoms with Crippen molar-refractivity contribution in [2.45, 2.75) is 0 Å². The van der Waals surface area contributed by atoms with E-state index in [0.717, 1.165) is 198 Å². The zero-order valence-corrected chi connectivity index (χ0v) is 50.6. The second-order valence-electron chi connectivity index (χ2n) is 23.0. The Bertz CT molecular complexity index is 5030. The third kappa shape index (κ3) is 8.55. The smallest absolute Gasteiger partial charge is 0.656 e. The maximum absolute atomic E-state index is 6.19. The second kappa shape index (κ2) is 21.1. The number of aromatic nitrogens is 4. The SMILES string of the molecule is C=Cc1ccc(-c2c3nc(c(-c4ccc(C=C)cc4)c4[n-]c(c(-c5ccc(C=C)cc5)c5nc(c(-c6ccc(C=C)cc6)c6[n-]c2c2cc7ccccc7cc62)-c2cc6ccccc6cc2-5)c2cc5ccccc5cc42)-c2cc4ccccc4cc2-3)cc1.[Pt+2]. The first kappa shape index (κ1) is 53.4. The van der Waals surface area contributed by atoms with Crippen molar-refractivity contribution in [1.82, 2.24) is 19.9 Å². The van der Waals surface area contributed by atoms with E-state index in [0.29, 0.717) is 0 Å². The summed E-state index contributed by atoms with van der Waals surface area (Å²) in [5.74, 6) is 0. The average Bonchev–Trinajstić information content (AvgIpc) is 1.63. The third-order valence-corrected chi connectivity index (χ3v) is 18.1. The first-order valence-electron chi connectivity index (χ1n) is 29.8. The van der Waals surface area contributed by atoms with Crippen LogP contribution in [0, 0.1) is 0 Å². The van der Waals surface area contributed by atoms with Gasteiger partial charge in [-0.3, -0.25) is 0 Å². The van der Waals surface area contributed by atoms with E-state index in [1.165, 1.54) is 0 Å². The van der Waals surface area contributed by atoms with E-state index in [9.17, 15) is 0 Å². The van der Waals surface area contributed by atoms with Crippen molar-refractivity contribution < 1.29 is 21.1 Å². The van der Waals surface area contributed by atoms with Gasteiger partial charge in [0.15, 0.2) is 0 Å². The summed E-state index contributed by atoms with van der Waals surface area (Å²) < 4.78 is 0. The molecule has 5 heteroatoms. The molecule has 0 atom stereocenters. The zero-order chi connectivity index (χ0) is 58.7. The van der Waals surface area contributed by atoms with E-state index >= 15 is 0 Å². The van der Waals surface area contributed by atoms with E-state index in [4.69, 9.17) is 19.9 Å². The third-order valence-electron chi connectivity index (χ3n) is 18.1. The summed E-state index contributed by atoms with van der Waals surface area (Å²) in [6.45, 7) is 16.7. The van der Waals surface area contributed by atoms with Crippen LogP contribution in [0.15, 0.2) is 269 Å². The topological polar surface area (TPSA) is 54.0 Å². The predicted molar refractivity (Wildman–Crippen MR) is 375 cm³/mol.